The van der Waals surface area contributed by atoms with Gasteiger partial charge in [-0.3, -0.25) is 0 Å². The Kier molecular flexibility index (Phi) is 6.43. The fourth-order valence-electron chi connectivity index (χ4n) is 1.31. The Hall–Kier alpha value is -1.26. The predicted molar refractivity (Wildman–Crippen MR) is 68.3 cm³/mol. The molecule has 5 heteroatoms. The summed E-state index contributed by atoms with van der Waals surface area (Å²) >= 11 is 5.77. The van der Waals surface area contributed by atoms with Gasteiger partial charge in [-0.15, -0.1) is 0 Å². The summed E-state index contributed by atoms with van der Waals surface area (Å²) in [5, 5.41) is 14.6. The van der Waals surface area contributed by atoms with Gasteiger partial charge in [0.1, 0.15) is 0 Å². The number of aliphatic hydroxyl groups is 1. The first-order valence-electron chi connectivity index (χ1n) is 5.59. The minimum atomic E-state index is -0.201. The molecule has 0 saturated carbocycles. The SMILES string of the molecule is O=C(NCCCO)NCCc1ccc(Cl)cc1. The standard InChI is InChI=1S/C12H17ClN2O2/c13-11-4-2-10(3-5-11)6-8-15-12(17)14-7-1-9-16/h2-5,16H,1,6-9H2,(H2,14,15,17). The molecule has 0 spiro atoms. The van der Waals surface area contributed by atoms with E-state index in [1.165, 1.54) is 0 Å². The number of nitrogens with one attached hydrogen (secondary N) is 2. The lowest BCUT2D eigenvalue weighted by Gasteiger charge is -2.06. The molecule has 0 aromatic heterocycles. The smallest absolute Gasteiger partial charge is 0.314 e. The Labute approximate surface area is 106 Å². The summed E-state index contributed by atoms with van der Waals surface area (Å²) in [5.41, 5.74) is 1.13. The van der Waals surface area contributed by atoms with Gasteiger partial charge in [0.25, 0.3) is 0 Å². The molecular formula is C12H17ClN2O2. The van der Waals surface area contributed by atoms with Crippen molar-refractivity contribution in [3.8, 4) is 0 Å². The van der Waals surface area contributed by atoms with Crippen LogP contribution in [-0.2, 0) is 6.42 Å². The lowest BCUT2D eigenvalue weighted by molar-refractivity contribution is 0.238. The number of benzene rings is 1. The topological polar surface area (TPSA) is 61.4 Å². The van der Waals surface area contributed by atoms with Crippen molar-refractivity contribution in [1.82, 2.24) is 10.6 Å². The molecule has 4 nitrogen and oxygen atoms in total. The number of amides is 2. The van der Waals surface area contributed by atoms with E-state index in [1.807, 2.05) is 24.3 Å². The van der Waals surface area contributed by atoms with Crippen molar-refractivity contribution in [2.45, 2.75) is 12.8 Å². The fourth-order valence-corrected chi connectivity index (χ4v) is 1.44. The van der Waals surface area contributed by atoms with Gasteiger partial charge in [0.05, 0.1) is 0 Å². The van der Waals surface area contributed by atoms with Crippen molar-refractivity contribution in [3.63, 3.8) is 0 Å². The Bertz CT molecular complexity index is 341. The van der Waals surface area contributed by atoms with Gasteiger partial charge in [-0.1, -0.05) is 23.7 Å². The van der Waals surface area contributed by atoms with E-state index in [1.54, 1.807) is 0 Å². The van der Waals surface area contributed by atoms with Crippen LogP contribution in [0.5, 0.6) is 0 Å². The van der Waals surface area contributed by atoms with Crippen molar-refractivity contribution < 1.29 is 9.90 Å². The largest absolute Gasteiger partial charge is 0.396 e. The second-order valence-electron chi connectivity index (χ2n) is 3.64. The highest BCUT2D eigenvalue weighted by Crippen LogP contribution is 2.09. The van der Waals surface area contributed by atoms with Gasteiger partial charge in [-0.25, -0.2) is 4.79 Å². The number of aliphatic hydroxyl groups excluding tert-OH is 1. The monoisotopic (exact) mass is 256 g/mol. The molecule has 3 N–H and O–H groups in total. The summed E-state index contributed by atoms with van der Waals surface area (Å²) in [4.78, 5) is 11.2. The summed E-state index contributed by atoms with van der Waals surface area (Å²) in [6.45, 7) is 1.15. The Morgan fingerprint density at radius 2 is 1.82 bits per heavy atom. The third-order valence-corrected chi connectivity index (χ3v) is 2.48. The Balaban J connectivity index is 2.14. The van der Waals surface area contributed by atoms with Crippen molar-refractivity contribution in [1.29, 1.82) is 0 Å². The first-order valence-corrected chi connectivity index (χ1v) is 5.97. The zero-order chi connectivity index (χ0) is 12.5. The van der Waals surface area contributed by atoms with Crippen molar-refractivity contribution in [3.05, 3.63) is 34.9 Å². The van der Waals surface area contributed by atoms with Crippen LogP contribution >= 0.6 is 11.6 Å². The molecule has 94 valence electrons. The van der Waals surface area contributed by atoms with Gasteiger partial charge < -0.3 is 15.7 Å². The molecule has 1 aromatic carbocycles. The molecule has 2 amide bonds. The van der Waals surface area contributed by atoms with E-state index in [9.17, 15) is 4.79 Å². The van der Waals surface area contributed by atoms with E-state index in [2.05, 4.69) is 10.6 Å². The zero-order valence-corrected chi connectivity index (χ0v) is 10.3. The van der Waals surface area contributed by atoms with E-state index < -0.39 is 0 Å². The van der Waals surface area contributed by atoms with Crippen LogP contribution < -0.4 is 10.6 Å². The van der Waals surface area contributed by atoms with E-state index >= 15 is 0 Å². The molecule has 0 atom stereocenters. The quantitative estimate of drug-likeness (QED) is 0.677. The molecular weight excluding hydrogens is 240 g/mol. The number of rotatable bonds is 6. The van der Waals surface area contributed by atoms with Crippen LogP contribution in [0.3, 0.4) is 0 Å². The zero-order valence-electron chi connectivity index (χ0n) is 9.58. The summed E-state index contributed by atoms with van der Waals surface area (Å²) in [6, 6.07) is 7.34. The number of urea groups is 1. The van der Waals surface area contributed by atoms with E-state index in [0.29, 0.717) is 24.5 Å². The highest BCUT2D eigenvalue weighted by molar-refractivity contribution is 6.30. The highest BCUT2D eigenvalue weighted by atomic mass is 35.5. The average Bonchev–Trinajstić information content (AvgIpc) is 2.32. The second kappa shape index (κ2) is 7.92. The van der Waals surface area contributed by atoms with Crippen LogP contribution in [0.15, 0.2) is 24.3 Å². The third-order valence-electron chi connectivity index (χ3n) is 2.23. The Morgan fingerprint density at radius 1 is 1.18 bits per heavy atom. The lowest BCUT2D eigenvalue weighted by Crippen LogP contribution is -2.37. The van der Waals surface area contributed by atoms with Gasteiger partial charge in [0.2, 0.25) is 0 Å². The average molecular weight is 257 g/mol. The molecule has 0 unspecified atom stereocenters. The van der Waals surface area contributed by atoms with Gasteiger partial charge in [-0.05, 0) is 30.5 Å². The molecule has 1 rings (SSSR count). The first-order chi connectivity index (χ1) is 8.22. The number of carbonyl (C=O) groups excluding carboxylic acids is 1. The number of carbonyl (C=O) groups is 1. The van der Waals surface area contributed by atoms with E-state index in [4.69, 9.17) is 16.7 Å². The minimum absolute atomic E-state index is 0.0883. The number of hydrogen-bond donors (Lipinski definition) is 3. The highest BCUT2D eigenvalue weighted by Gasteiger charge is 1.98. The Morgan fingerprint density at radius 3 is 2.47 bits per heavy atom. The maximum atomic E-state index is 11.2. The molecule has 0 aliphatic heterocycles. The normalized spacial score (nSPS) is 10.0. The summed E-state index contributed by atoms with van der Waals surface area (Å²) in [6.07, 6.45) is 1.34. The van der Waals surface area contributed by atoms with Crippen LogP contribution in [0.2, 0.25) is 5.02 Å². The van der Waals surface area contributed by atoms with Crippen molar-refractivity contribution in [2.75, 3.05) is 19.7 Å². The van der Waals surface area contributed by atoms with Gasteiger partial charge in [-0.2, -0.15) is 0 Å². The molecule has 1 aromatic rings. The number of halogens is 1. The van der Waals surface area contributed by atoms with E-state index in [-0.39, 0.29) is 12.6 Å². The molecule has 0 heterocycles. The van der Waals surface area contributed by atoms with Gasteiger partial charge in [0.15, 0.2) is 0 Å². The molecule has 17 heavy (non-hydrogen) atoms. The minimum Gasteiger partial charge on any atom is -0.396 e. The second-order valence-corrected chi connectivity index (χ2v) is 4.07. The predicted octanol–water partition coefficient (Wildman–Crippen LogP) is 1.56. The molecule has 0 radical (unpaired) electrons. The summed E-state index contributed by atoms with van der Waals surface area (Å²) in [7, 11) is 0. The third kappa shape index (κ3) is 6.14. The number of hydrogen-bond acceptors (Lipinski definition) is 2. The molecule has 0 fully saturated rings. The van der Waals surface area contributed by atoms with E-state index in [0.717, 1.165) is 12.0 Å². The van der Waals surface area contributed by atoms with Crippen LogP contribution in [0.1, 0.15) is 12.0 Å². The fraction of sp³-hybridized carbons (Fsp3) is 0.417. The lowest BCUT2D eigenvalue weighted by atomic mass is 10.1. The first kappa shape index (κ1) is 13.8. The van der Waals surface area contributed by atoms with Gasteiger partial charge in [0, 0.05) is 24.7 Å². The van der Waals surface area contributed by atoms with Crippen molar-refractivity contribution in [2.24, 2.45) is 0 Å². The van der Waals surface area contributed by atoms with Crippen molar-refractivity contribution >= 4 is 17.6 Å². The van der Waals surface area contributed by atoms with Crippen LogP contribution in [-0.4, -0.2) is 30.8 Å². The summed E-state index contributed by atoms with van der Waals surface area (Å²) in [5.74, 6) is 0. The van der Waals surface area contributed by atoms with Crippen LogP contribution in [0.25, 0.3) is 0 Å². The molecule has 0 saturated heterocycles. The molecule has 0 aliphatic rings. The molecule has 0 aliphatic carbocycles. The van der Waals surface area contributed by atoms with Gasteiger partial charge >= 0.3 is 6.03 Å². The van der Waals surface area contributed by atoms with Crippen LogP contribution in [0.4, 0.5) is 4.79 Å². The maximum absolute atomic E-state index is 11.2. The van der Waals surface area contributed by atoms with Crippen LogP contribution in [0, 0.1) is 0 Å². The maximum Gasteiger partial charge on any atom is 0.314 e. The summed E-state index contributed by atoms with van der Waals surface area (Å²) < 4.78 is 0. The molecule has 0 bridgehead atoms.